The van der Waals surface area contributed by atoms with Crippen molar-refractivity contribution in [1.29, 1.82) is 0 Å². The SMILES string of the molecule is CC1(C(=O)O)C=CC=C(C(=O)O)C1.CCCCCCCN1CCCC1. The molecule has 0 radical (unpaired) electrons. The molecule has 5 nitrogen and oxygen atoms in total. The van der Waals surface area contributed by atoms with E-state index in [1.165, 1.54) is 89.7 Å². The molecule has 0 amide bonds. The van der Waals surface area contributed by atoms with Crippen LogP contribution in [0.5, 0.6) is 0 Å². The van der Waals surface area contributed by atoms with E-state index in [1.54, 1.807) is 0 Å². The monoisotopic (exact) mass is 351 g/mol. The van der Waals surface area contributed by atoms with E-state index >= 15 is 0 Å². The molecular formula is C20H33NO4. The molecule has 1 aliphatic heterocycles. The van der Waals surface area contributed by atoms with Crippen molar-refractivity contribution < 1.29 is 19.8 Å². The zero-order chi connectivity index (χ0) is 18.7. The van der Waals surface area contributed by atoms with Crippen molar-refractivity contribution in [1.82, 2.24) is 4.90 Å². The van der Waals surface area contributed by atoms with Crippen LogP contribution in [-0.4, -0.2) is 46.7 Å². The Balaban J connectivity index is 0.000000251. The molecule has 1 heterocycles. The fourth-order valence-corrected chi connectivity index (χ4v) is 3.13. The van der Waals surface area contributed by atoms with E-state index in [-0.39, 0.29) is 12.0 Å². The van der Waals surface area contributed by atoms with Crippen LogP contribution < -0.4 is 0 Å². The lowest BCUT2D eigenvalue weighted by Crippen LogP contribution is -2.28. The Kier molecular flexibility index (Phi) is 9.50. The van der Waals surface area contributed by atoms with Crippen LogP contribution in [0.1, 0.15) is 65.2 Å². The fraction of sp³-hybridized carbons (Fsp3) is 0.700. The number of hydrogen-bond donors (Lipinski definition) is 2. The lowest BCUT2D eigenvalue weighted by atomic mass is 9.80. The van der Waals surface area contributed by atoms with Crippen LogP contribution in [0, 0.1) is 5.41 Å². The number of carboxylic acid groups (broad SMARTS) is 2. The van der Waals surface area contributed by atoms with Crippen LogP contribution in [0.25, 0.3) is 0 Å². The van der Waals surface area contributed by atoms with Crippen LogP contribution in [-0.2, 0) is 9.59 Å². The van der Waals surface area contributed by atoms with Gasteiger partial charge in [-0.1, -0.05) is 50.8 Å². The Morgan fingerprint density at radius 3 is 2.32 bits per heavy atom. The Morgan fingerprint density at radius 2 is 1.76 bits per heavy atom. The summed E-state index contributed by atoms with van der Waals surface area (Å²) < 4.78 is 0. The number of allylic oxidation sites excluding steroid dienone is 2. The second-order valence-corrected chi connectivity index (χ2v) is 7.22. The average molecular weight is 351 g/mol. The highest BCUT2D eigenvalue weighted by Crippen LogP contribution is 2.31. The Labute approximate surface area is 151 Å². The van der Waals surface area contributed by atoms with Gasteiger partial charge >= 0.3 is 11.9 Å². The summed E-state index contributed by atoms with van der Waals surface area (Å²) in [5.74, 6) is -2.06. The lowest BCUT2D eigenvalue weighted by molar-refractivity contribution is -0.145. The number of aliphatic carboxylic acids is 2. The normalized spacial score (nSPS) is 22.9. The molecule has 142 valence electrons. The third kappa shape index (κ3) is 7.86. The Morgan fingerprint density at radius 1 is 1.12 bits per heavy atom. The number of carbonyl (C=O) groups is 2. The second kappa shape index (κ2) is 11.1. The van der Waals surface area contributed by atoms with E-state index in [0.29, 0.717) is 0 Å². The molecule has 1 fully saturated rings. The first-order valence-corrected chi connectivity index (χ1v) is 9.46. The van der Waals surface area contributed by atoms with E-state index in [4.69, 9.17) is 10.2 Å². The van der Waals surface area contributed by atoms with Gasteiger partial charge in [0.1, 0.15) is 0 Å². The van der Waals surface area contributed by atoms with Crippen molar-refractivity contribution in [3.63, 3.8) is 0 Å². The van der Waals surface area contributed by atoms with Crippen molar-refractivity contribution in [2.24, 2.45) is 5.41 Å². The van der Waals surface area contributed by atoms with Gasteiger partial charge in [-0.05, 0) is 52.2 Å². The van der Waals surface area contributed by atoms with Gasteiger partial charge in [0, 0.05) is 5.57 Å². The standard InChI is InChI=1S/C11H23N.C9H10O4/c1-2-3-4-5-6-9-12-10-7-8-11-12;1-9(8(12)13)4-2-3-6(5-9)7(10)11/h2-11H2,1H3;2-4H,5H2,1H3,(H,10,11)(H,12,13). The van der Waals surface area contributed by atoms with Gasteiger partial charge in [-0.3, -0.25) is 4.79 Å². The maximum atomic E-state index is 10.8. The van der Waals surface area contributed by atoms with Gasteiger partial charge in [0.05, 0.1) is 5.41 Å². The van der Waals surface area contributed by atoms with Crippen LogP contribution in [0.3, 0.4) is 0 Å². The molecular weight excluding hydrogens is 318 g/mol. The largest absolute Gasteiger partial charge is 0.481 e. The number of likely N-dealkylation sites (tertiary alicyclic amines) is 1. The third-order valence-corrected chi connectivity index (χ3v) is 4.86. The molecule has 0 spiro atoms. The molecule has 0 aromatic rings. The van der Waals surface area contributed by atoms with Crippen molar-refractivity contribution in [2.75, 3.05) is 19.6 Å². The molecule has 2 N–H and O–H groups in total. The molecule has 2 rings (SSSR count). The van der Waals surface area contributed by atoms with Gasteiger partial charge in [-0.2, -0.15) is 0 Å². The van der Waals surface area contributed by atoms with Crippen LogP contribution in [0.4, 0.5) is 0 Å². The summed E-state index contributed by atoms with van der Waals surface area (Å²) in [6.45, 7) is 7.88. The summed E-state index contributed by atoms with van der Waals surface area (Å²) in [5.41, 5.74) is -0.949. The number of rotatable bonds is 8. The average Bonchev–Trinajstić information content (AvgIpc) is 3.08. The van der Waals surface area contributed by atoms with Gasteiger partial charge in [-0.15, -0.1) is 0 Å². The third-order valence-electron chi connectivity index (χ3n) is 4.86. The number of carboxylic acids is 2. The van der Waals surface area contributed by atoms with E-state index in [2.05, 4.69) is 11.8 Å². The molecule has 0 aromatic carbocycles. The fourth-order valence-electron chi connectivity index (χ4n) is 3.13. The minimum atomic E-state index is -1.08. The molecule has 0 bridgehead atoms. The quantitative estimate of drug-likeness (QED) is 0.644. The number of unbranched alkanes of at least 4 members (excludes halogenated alkanes) is 4. The van der Waals surface area contributed by atoms with Gasteiger partial charge in [-0.25, -0.2) is 4.79 Å². The zero-order valence-corrected chi connectivity index (χ0v) is 15.7. The van der Waals surface area contributed by atoms with Crippen LogP contribution >= 0.6 is 0 Å². The van der Waals surface area contributed by atoms with Gasteiger partial charge in [0.2, 0.25) is 0 Å². The van der Waals surface area contributed by atoms with Crippen molar-refractivity contribution >= 4 is 11.9 Å². The summed E-state index contributed by atoms with van der Waals surface area (Å²) in [7, 11) is 0. The van der Waals surface area contributed by atoms with Gasteiger partial charge < -0.3 is 15.1 Å². The predicted octanol–water partition coefficient (Wildman–Crippen LogP) is 4.10. The van der Waals surface area contributed by atoms with E-state index in [9.17, 15) is 9.59 Å². The predicted molar refractivity (Wildman–Crippen MR) is 99.7 cm³/mol. The maximum Gasteiger partial charge on any atom is 0.331 e. The molecule has 1 atom stereocenters. The molecule has 1 aliphatic carbocycles. The first-order chi connectivity index (χ1) is 11.9. The zero-order valence-electron chi connectivity index (χ0n) is 15.7. The molecule has 2 aliphatic rings. The second-order valence-electron chi connectivity index (χ2n) is 7.22. The highest BCUT2D eigenvalue weighted by molar-refractivity contribution is 5.90. The topological polar surface area (TPSA) is 77.8 Å². The number of hydrogen-bond acceptors (Lipinski definition) is 3. The highest BCUT2D eigenvalue weighted by atomic mass is 16.4. The minimum absolute atomic E-state index is 0.0359. The molecule has 0 saturated carbocycles. The summed E-state index contributed by atoms with van der Waals surface area (Å²) in [4.78, 5) is 24.0. The number of nitrogens with zero attached hydrogens (tertiary/aromatic N) is 1. The Bertz CT molecular complexity index is 492. The van der Waals surface area contributed by atoms with Crippen molar-refractivity contribution in [3.05, 3.63) is 23.8 Å². The lowest BCUT2D eigenvalue weighted by Gasteiger charge is -2.23. The molecule has 0 aromatic heterocycles. The van der Waals surface area contributed by atoms with Crippen LogP contribution in [0.2, 0.25) is 0 Å². The first kappa shape index (κ1) is 21.4. The van der Waals surface area contributed by atoms with Crippen molar-refractivity contribution in [3.8, 4) is 0 Å². The molecule has 1 saturated heterocycles. The van der Waals surface area contributed by atoms with Crippen LogP contribution in [0.15, 0.2) is 23.8 Å². The molecule has 25 heavy (non-hydrogen) atoms. The summed E-state index contributed by atoms with van der Waals surface area (Å²) >= 11 is 0. The highest BCUT2D eigenvalue weighted by Gasteiger charge is 2.34. The molecule has 1 unspecified atom stereocenters. The maximum absolute atomic E-state index is 10.8. The van der Waals surface area contributed by atoms with E-state index in [0.717, 1.165) is 0 Å². The summed E-state index contributed by atoms with van der Waals surface area (Å²) in [5, 5.41) is 17.5. The first-order valence-electron chi connectivity index (χ1n) is 9.46. The van der Waals surface area contributed by atoms with Crippen molar-refractivity contribution in [2.45, 2.75) is 65.2 Å². The van der Waals surface area contributed by atoms with Gasteiger partial charge in [0.25, 0.3) is 0 Å². The summed E-state index contributed by atoms with van der Waals surface area (Å²) in [6, 6.07) is 0. The summed E-state index contributed by atoms with van der Waals surface area (Å²) in [6.07, 6.45) is 14.4. The smallest absolute Gasteiger partial charge is 0.331 e. The molecule has 5 heteroatoms. The van der Waals surface area contributed by atoms with E-state index in [1.807, 2.05) is 0 Å². The van der Waals surface area contributed by atoms with E-state index < -0.39 is 17.4 Å². The Hall–Kier alpha value is -1.62. The minimum Gasteiger partial charge on any atom is -0.481 e. The van der Waals surface area contributed by atoms with Gasteiger partial charge in [0.15, 0.2) is 0 Å².